The Labute approximate surface area is 178 Å². The minimum atomic E-state index is -0.391. The SMILES string of the molecule is N#CC[C@@H](NC(=O)[C@@H](CC(=O)N1CCOCC1)CC1CCCCC1)c1ccncc1. The highest BCUT2D eigenvalue weighted by atomic mass is 16.5. The topological polar surface area (TPSA) is 95.3 Å². The first kappa shape index (κ1) is 22.2. The first-order valence-electron chi connectivity index (χ1n) is 11.1. The number of carbonyl (C=O) groups excluding carboxylic acids is 2. The van der Waals surface area contributed by atoms with E-state index in [0.29, 0.717) is 32.2 Å². The Morgan fingerprint density at radius 3 is 2.57 bits per heavy atom. The van der Waals surface area contributed by atoms with Gasteiger partial charge >= 0.3 is 0 Å². The molecular formula is C23H32N4O3. The van der Waals surface area contributed by atoms with Crippen LogP contribution in [-0.4, -0.2) is 48.0 Å². The highest BCUT2D eigenvalue weighted by Gasteiger charge is 2.30. The molecule has 7 heteroatoms. The summed E-state index contributed by atoms with van der Waals surface area (Å²) in [6.45, 7) is 2.28. The molecule has 1 aliphatic carbocycles. The van der Waals surface area contributed by atoms with Gasteiger partial charge in [0.05, 0.1) is 31.7 Å². The van der Waals surface area contributed by atoms with Crippen LogP contribution in [0, 0.1) is 23.2 Å². The van der Waals surface area contributed by atoms with Crippen molar-refractivity contribution in [3.8, 4) is 6.07 Å². The van der Waals surface area contributed by atoms with E-state index in [2.05, 4.69) is 16.4 Å². The lowest BCUT2D eigenvalue weighted by molar-refractivity contribution is -0.140. The lowest BCUT2D eigenvalue weighted by Gasteiger charge is -2.30. The number of nitriles is 1. The maximum Gasteiger partial charge on any atom is 0.224 e. The molecule has 1 aliphatic heterocycles. The van der Waals surface area contributed by atoms with Gasteiger partial charge in [0.15, 0.2) is 0 Å². The number of amides is 2. The van der Waals surface area contributed by atoms with Crippen molar-refractivity contribution in [1.29, 1.82) is 5.26 Å². The van der Waals surface area contributed by atoms with E-state index in [1.807, 2.05) is 12.1 Å². The van der Waals surface area contributed by atoms with Crippen molar-refractivity contribution in [2.45, 2.75) is 57.4 Å². The van der Waals surface area contributed by atoms with Crippen LogP contribution in [0.25, 0.3) is 0 Å². The molecule has 0 unspecified atom stereocenters. The van der Waals surface area contributed by atoms with E-state index in [4.69, 9.17) is 4.74 Å². The van der Waals surface area contributed by atoms with Crippen LogP contribution in [0.2, 0.25) is 0 Å². The van der Waals surface area contributed by atoms with Gasteiger partial charge in [0.2, 0.25) is 11.8 Å². The molecule has 0 spiro atoms. The van der Waals surface area contributed by atoms with Crippen LogP contribution >= 0.6 is 0 Å². The van der Waals surface area contributed by atoms with Crippen molar-refractivity contribution in [2.24, 2.45) is 11.8 Å². The van der Waals surface area contributed by atoms with Gasteiger partial charge in [0.25, 0.3) is 0 Å². The van der Waals surface area contributed by atoms with E-state index in [1.54, 1.807) is 17.3 Å². The van der Waals surface area contributed by atoms with Gasteiger partial charge in [-0.1, -0.05) is 32.1 Å². The number of pyridine rings is 1. The Morgan fingerprint density at radius 1 is 1.20 bits per heavy atom. The van der Waals surface area contributed by atoms with Crippen LogP contribution in [0.3, 0.4) is 0 Å². The number of morpholine rings is 1. The minimum absolute atomic E-state index is 0.0232. The molecule has 1 saturated carbocycles. The number of aromatic nitrogens is 1. The summed E-state index contributed by atoms with van der Waals surface area (Å²) in [4.78, 5) is 31.9. The monoisotopic (exact) mass is 412 g/mol. The molecule has 1 N–H and O–H groups in total. The zero-order valence-corrected chi connectivity index (χ0v) is 17.6. The Hall–Kier alpha value is -2.46. The van der Waals surface area contributed by atoms with Gasteiger partial charge in [-0.2, -0.15) is 5.26 Å². The molecule has 162 valence electrons. The predicted molar refractivity (Wildman–Crippen MR) is 112 cm³/mol. The van der Waals surface area contributed by atoms with Crippen molar-refractivity contribution >= 4 is 11.8 Å². The molecule has 3 rings (SSSR count). The zero-order valence-electron chi connectivity index (χ0n) is 17.6. The standard InChI is InChI=1S/C23H32N4O3/c24-9-6-21(19-7-10-25-11-8-19)26-23(29)20(16-18-4-2-1-3-5-18)17-22(28)27-12-14-30-15-13-27/h7-8,10-11,18,20-21H,1-6,12-17H2,(H,26,29)/t20-,21-/m1/s1. The number of hydrogen-bond donors (Lipinski definition) is 1. The second-order valence-electron chi connectivity index (χ2n) is 8.34. The maximum atomic E-state index is 13.3. The molecule has 0 aromatic carbocycles. The predicted octanol–water partition coefficient (Wildman–Crippen LogP) is 2.99. The summed E-state index contributed by atoms with van der Waals surface area (Å²) >= 11 is 0. The second-order valence-corrected chi connectivity index (χ2v) is 8.34. The van der Waals surface area contributed by atoms with Crippen LogP contribution in [0.15, 0.2) is 24.5 Å². The van der Waals surface area contributed by atoms with Gasteiger partial charge in [-0.25, -0.2) is 0 Å². The van der Waals surface area contributed by atoms with E-state index in [9.17, 15) is 14.9 Å². The lowest BCUT2D eigenvalue weighted by Crippen LogP contribution is -2.43. The van der Waals surface area contributed by atoms with Crippen LogP contribution in [0.1, 0.15) is 63.0 Å². The molecule has 2 atom stereocenters. The number of nitrogens with one attached hydrogen (secondary N) is 1. The second kappa shape index (κ2) is 11.7. The van der Waals surface area contributed by atoms with Crippen LogP contribution < -0.4 is 5.32 Å². The molecule has 2 heterocycles. The lowest BCUT2D eigenvalue weighted by atomic mass is 9.81. The summed E-state index contributed by atoms with van der Waals surface area (Å²) in [5.41, 5.74) is 0.857. The van der Waals surface area contributed by atoms with E-state index in [-0.39, 0.29) is 30.6 Å². The first-order chi connectivity index (χ1) is 14.7. The Kier molecular flexibility index (Phi) is 8.64. The van der Waals surface area contributed by atoms with Crippen molar-refractivity contribution in [1.82, 2.24) is 15.2 Å². The summed E-state index contributed by atoms with van der Waals surface area (Å²) in [6, 6.07) is 5.40. The maximum absolute atomic E-state index is 13.3. The number of nitrogens with zero attached hydrogens (tertiary/aromatic N) is 3. The van der Waals surface area contributed by atoms with Gasteiger partial charge in [-0.3, -0.25) is 14.6 Å². The third-order valence-electron chi connectivity index (χ3n) is 6.22. The number of ether oxygens (including phenoxy) is 1. The molecular weight excluding hydrogens is 380 g/mol. The Balaban J connectivity index is 1.69. The number of hydrogen-bond acceptors (Lipinski definition) is 5. The van der Waals surface area contributed by atoms with Crippen LogP contribution in [-0.2, 0) is 14.3 Å². The summed E-state index contributed by atoms with van der Waals surface area (Å²) in [5.74, 6) is 0.0167. The summed E-state index contributed by atoms with van der Waals surface area (Å²) in [7, 11) is 0. The fourth-order valence-electron chi connectivity index (χ4n) is 4.49. The Morgan fingerprint density at radius 2 is 1.90 bits per heavy atom. The molecule has 0 radical (unpaired) electrons. The van der Waals surface area contributed by atoms with E-state index in [0.717, 1.165) is 24.8 Å². The summed E-state index contributed by atoms with van der Waals surface area (Å²) < 4.78 is 5.34. The van der Waals surface area contributed by atoms with E-state index >= 15 is 0 Å². The first-order valence-corrected chi connectivity index (χ1v) is 11.1. The highest BCUT2D eigenvalue weighted by Crippen LogP contribution is 2.31. The highest BCUT2D eigenvalue weighted by molar-refractivity contribution is 5.86. The van der Waals surface area contributed by atoms with Gasteiger partial charge in [0, 0.05) is 37.8 Å². The van der Waals surface area contributed by atoms with Crippen LogP contribution in [0.5, 0.6) is 0 Å². The molecule has 1 saturated heterocycles. The fraction of sp³-hybridized carbons (Fsp3) is 0.652. The minimum Gasteiger partial charge on any atom is -0.378 e. The van der Waals surface area contributed by atoms with Crippen LogP contribution in [0.4, 0.5) is 0 Å². The molecule has 0 bridgehead atoms. The largest absolute Gasteiger partial charge is 0.378 e. The van der Waals surface area contributed by atoms with Crippen molar-refractivity contribution in [2.75, 3.05) is 26.3 Å². The Bertz CT molecular complexity index is 722. The van der Waals surface area contributed by atoms with Gasteiger partial charge in [-0.05, 0) is 30.0 Å². The average molecular weight is 413 g/mol. The third-order valence-corrected chi connectivity index (χ3v) is 6.22. The molecule has 2 aliphatic rings. The molecule has 7 nitrogen and oxygen atoms in total. The van der Waals surface area contributed by atoms with Crippen molar-refractivity contribution < 1.29 is 14.3 Å². The smallest absolute Gasteiger partial charge is 0.224 e. The fourth-order valence-corrected chi connectivity index (χ4v) is 4.49. The average Bonchev–Trinajstić information content (AvgIpc) is 2.80. The summed E-state index contributed by atoms with van der Waals surface area (Å²) in [6.07, 6.45) is 10.4. The molecule has 2 amide bonds. The normalized spacial score (nSPS) is 19.5. The van der Waals surface area contributed by atoms with E-state index < -0.39 is 6.04 Å². The van der Waals surface area contributed by atoms with E-state index in [1.165, 1.54) is 19.3 Å². The molecule has 30 heavy (non-hydrogen) atoms. The molecule has 1 aromatic heterocycles. The van der Waals surface area contributed by atoms with Crippen molar-refractivity contribution in [3.05, 3.63) is 30.1 Å². The van der Waals surface area contributed by atoms with Gasteiger partial charge in [-0.15, -0.1) is 0 Å². The summed E-state index contributed by atoms with van der Waals surface area (Å²) in [5, 5.41) is 12.3. The quantitative estimate of drug-likeness (QED) is 0.708. The zero-order chi connectivity index (χ0) is 21.2. The van der Waals surface area contributed by atoms with Gasteiger partial charge < -0.3 is 15.0 Å². The molecule has 1 aromatic rings. The number of rotatable bonds is 8. The van der Waals surface area contributed by atoms with Gasteiger partial charge in [0.1, 0.15) is 0 Å². The third kappa shape index (κ3) is 6.53. The molecule has 2 fully saturated rings. The number of carbonyl (C=O) groups is 2. The van der Waals surface area contributed by atoms with Crippen molar-refractivity contribution in [3.63, 3.8) is 0 Å².